The molecule has 0 aromatic carbocycles. The molecule has 1 heteroatoms. The number of hydrogen-bond donors (Lipinski definition) is 0. The van der Waals surface area contributed by atoms with Crippen LogP contribution in [0.25, 0.3) is 0 Å². The minimum Gasteiger partial charge on any atom is -0.300 e. The summed E-state index contributed by atoms with van der Waals surface area (Å²) in [5.41, 5.74) is 0. The number of likely N-dealkylation sites (tertiary alicyclic amines) is 1. The van der Waals surface area contributed by atoms with E-state index in [0.717, 1.165) is 17.9 Å². The van der Waals surface area contributed by atoms with Gasteiger partial charge in [0.05, 0.1) is 0 Å². The Bertz CT molecular complexity index is 174. The zero-order valence-electron chi connectivity index (χ0n) is 12.5. The summed E-state index contributed by atoms with van der Waals surface area (Å²) in [4.78, 5) is 2.78. The summed E-state index contributed by atoms with van der Waals surface area (Å²) in [6.45, 7) is 12.1. The molecule has 102 valence electrons. The highest BCUT2D eigenvalue weighted by Gasteiger charge is 2.24. The fraction of sp³-hybridized carbons (Fsp3) is 1.00. The van der Waals surface area contributed by atoms with Crippen LogP contribution in [0.3, 0.4) is 0 Å². The second kappa shape index (κ2) is 8.13. The van der Waals surface area contributed by atoms with Gasteiger partial charge in [0.15, 0.2) is 0 Å². The van der Waals surface area contributed by atoms with Crippen LogP contribution >= 0.6 is 0 Å². The fourth-order valence-corrected chi connectivity index (χ4v) is 3.40. The quantitative estimate of drug-likeness (QED) is 0.622. The van der Waals surface area contributed by atoms with Crippen molar-refractivity contribution in [3.8, 4) is 0 Å². The van der Waals surface area contributed by atoms with E-state index in [0.29, 0.717) is 0 Å². The smallest absolute Gasteiger partial charge is 0.00950 e. The third-order valence-corrected chi connectivity index (χ3v) is 4.21. The predicted molar refractivity (Wildman–Crippen MR) is 77.4 cm³/mol. The Labute approximate surface area is 109 Å². The normalized spacial score (nSPS) is 19.4. The Hall–Kier alpha value is -0.0400. The Balaban J connectivity index is 2.32. The third kappa shape index (κ3) is 5.42. The molecule has 1 aliphatic heterocycles. The maximum Gasteiger partial charge on any atom is 0.00950 e. The van der Waals surface area contributed by atoms with Crippen molar-refractivity contribution in [2.24, 2.45) is 11.8 Å². The molecule has 1 aliphatic rings. The van der Waals surface area contributed by atoms with Crippen LogP contribution in [0.2, 0.25) is 0 Å². The summed E-state index contributed by atoms with van der Waals surface area (Å²) in [5, 5.41) is 0. The molecule has 0 radical (unpaired) electrons. The van der Waals surface area contributed by atoms with Gasteiger partial charge in [-0.15, -0.1) is 0 Å². The SMILES string of the molecule is CCCC(CCC)N1CCC(CC(C)C)CC1. The largest absolute Gasteiger partial charge is 0.300 e. The van der Waals surface area contributed by atoms with Gasteiger partial charge in [0, 0.05) is 6.04 Å². The summed E-state index contributed by atoms with van der Waals surface area (Å²) >= 11 is 0. The molecule has 0 bridgehead atoms. The molecule has 1 rings (SSSR count). The van der Waals surface area contributed by atoms with Crippen molar-refractivity contribution in [3.63, 3.8) is 0 Å². The molecular weight excluding hydrogens is 206 g/mol. The standard InChI is InChI=1S/C16H33N/c1-5-7-16(8-6-2)17-11-9-15(10-12-17)13-14(3)4/h14-16H,5-13H2,1-4H3. The van der Waals surface area contributed by atoms with Crippen molar-refractivity contribution in [3.05, 3.63) is 0 Å². The van der Waals surface area contributed by atoms with Crippen molar-refractivity contribution in [2.45, 2.75) is 78.7 Å². The van der Waals surface area contributed by atoms with Gasteiger partial charge in [0.2, 0.25) is 0 Å². The monoisotopic (exact) mass is 239 g/mol. The van der Waals surface area contributed by atoms with E-state index in [4.69, 9.17) is 0 Å². The second-order valence-electron chi connectivity index (χ2n) is 6.34. The first kappa shape index (κ1) is 15.0. The van der Waals surface area contributed by atoms with Crippen LogP contribution < -0.4 is 0 Å². The van der Waals surface area contributed by atoms with Gasteiger partial charge < -0.3 is 4.90 Å². The van der Waals surface area contributed by atoms with Crippen molar-refractivity contribution in [1.29, 1.82) is 0 Å². The van der Waals surface area contributed by atoms with Gasteiger partial charge in [-0.1, -0.05) is 40.5 Å². The molecular formula is C16H33N. The first-order valence-electron chi connectivity index (χ1n) is 7.91. The average Bonchev–Trinajstić information content (AvgIpc) is 2.29. The highest BCUT2D eigenvalue weighted by atomic mass is 15.2. The van der Waals surface area contributed by atoms with Gasteiger partial charge in [-0.25, -0.2) is 0 Å². The molecule has 0 saturated carbocycles. The molecule has 0 N–H and O–H groups in total. The van der Waals surface area contributed by atoms with Gasteiger partial charge in [-0.05, 0) is 57.0 Å². The predicted octanol–water partition coefficient (Wildman–Crippen LogP) is 4.71. The zero-order valence-corrected chi connectivity index (χ0v) is 12.5. The van der Waals surface area contributed by atoms with E-state index >= 15 is 0 Å². The van der Waals surface area contributed by atoms with Crippen LogP contribution in [0.15, 0.2) is 0 Å². The number of piperidine rings is 1. The highest BCUT2D eigenvalue weighted by Crippen LogP contribution is 2.26. The number of hydrogen-bond acceptors (Lipinski definition) is 1. The van der Waals surface area contributed by atoms with Gasteiger partial charge in [-0.2, -0.15) is 0 Å². The molecule has 0 aromatic heterocycles. The minimum absolute atomic E-state index is 0.880. The molecule has 0 spiro atoms. The summed E-state index contributed by atoms with van der Waals surface area (Å²) in [5.74, 6) is 1.89. The van der Waals surface area contributed by atoms with Crippen molar-refractivity contribution >= 4 is 0 Å². The summed E-state index contributed by atoms with van der Waals surface area (Å²) in [6.07, 6.45) is 9.84. The van der Waals surface area contributed by atoms with Crippen molar-refractivity contribution < 1.29 is 0 Å². The minimum atomic E-state index is 0.880. The summed E-state index contributed by atoms with van der Waals surface area (Å²) < 4.78 is 0. The van der Waals surface area contributed by atoms with E-state index in [-0.39, 0.29) is 0 Å². The molecule has 0 aromatic rings. The Morgan fingerprint density at radius 1 is 1.00 bits per heavy atom. The first-order valence-corrected chi connectivity index (χ1v) is 7.91. The lowest BCUT2D eigenvalue weighted by Crippen LogP contribution is -2.41. The van der Waals surface area contributed by atoms with Crippen LogP contribution in [-0.4, -0.2) is 24.0 Å². The third-order valence-electron chi connectivity index (χ3n) is 4.21. The molecule has 0 aliphatic carbocycles. The van der Waals surface area contributed by atoms with Crippen LogP contribution in [-0.2, 0) is 0 Å². The molecule has 0 unspecified atom stereocenters. The summed E-state index contributed by atoms with van der Waals surface area (Å²) in [6, 6.07) is 0.880. The molecule has 1 nitrogen and oxygen atoms in total. The Morgan fingerprint density at radius 3 is 1.94 bits per heavy atom. The van der Waals surface area contributed by atoms with Crippen molar-refractivity contribution in [2.75, 3.05) is 13.1 Å². The lowest BCUT2D eigenvalue weighted by molar-refractivity contribution is 0.112. The van der Waals surface area contributed by atoms with Crippen LogP contribution in [0.5, 0.6) is 0 Å². The maximum atomic E-state index is 2.78. The molecule has 1 heterocycles. The van der Waals surface area contributed by atoms with E-state index in [1.54, 1.807) is 0 Å². The van der Waals surface area contributed by atoms with E-state index in [9.17, 15) is 0 Å². The highest BCUT2D eigenvalue weighted by molar-refractivity contribution is 4.78. The molecule has 1 fully saturated rings. The maximum absolute atomic E-state index is 2.78. The van der Waals surface area contributed by atoms with E-state index in [2.05, 4.69) is 32.6 Å². The van der Waals surface area contributed by atoms with E-state index < -0.39 is 0 Å². The topological polar surface area (TPSA) is 3.24 Å². The fourth-order valence-electron chi connectivity index (χ4n) is 3.40. The summed E-state index contributed by atoms with van der Waals surface area (Å²) in [7, 11) is 0. The molecule has 0 amide bonds. The first-order chi connectivity index (χ1) is 8.17. The lowest BCUT2D eigenvalue weighted by Gasteiger charge is -2.38. The van der Waals surface area contributed by atoms with Gasteiger partial charge in [0.25, 0.3) is 0 Å². The molecule has 0 atom stereocenters. The second-order valence-corrected chi connectivity index (χ2v) is 6.34. The number of nitrogens with zero attached hydrogens (tertiary/aromatic N) is 1. The van der Waals surface area contributed by atoms with Crippen LogP contribution in [0, 0.1) is 11.8 Å². The van der Waals surface area contributed by atoms with Gasteiger partial charge in [-0.3, -0.25) is 0 Å². The Morgan fingerprint density at radius 2 is 1.53 bits per heavy atom. The van der Waals surface area contributed by atoms with E-state index in [1.807, 2.05) is 0 Å². The average molecular weight is 239 g/mol. The molecule has 1 saturated heterocycles. The van der Waals surface area contributed by atoms with Crippen molar-refractivity contribution in [1.82, 2.24) is 4.90 Å². The van der Waals surface area contributed by atoms with Crippen LogP contribution in [0.4, 0.5) is 0 Å². The number of rotatable bonds is 7. The van der Waals surface area contributed by atoms with E-state index in [1.165, 1.54) is 58.0 Å². The van der Waals surface area contributed by atoms with Crippen LogP contribution in [0.1, 0.15) is 72.6 Å². The molecule has 17 heavy (non-hydrogen) atoms. The zero-order chi connectivity index (χ0) is 12.7. The lowest BCUT2D eigenvalue weighted by atomic mass is 9.87. The van der Waals surface area contributed by atoms with Gasteiger partial charge >= 0.3 is 0 Å². The van der Waals surface area contributed by atoms with Gasteiger partial charge in [0.1, 0.15) is 0 Å². The Kier molecular flexibility index (Phi) is 7.18.